The van der Waals surface area contributed by atoms with E-state index in [4.69, 9.17) is 25.8 Å². The van der Waals surface area contributed by atoms with Crippen molar-refractivity contribution in [1.82, 2.24) is 15.5 Å². The topological polar surface area (TPSA) is 126 Å². The average molecular weight is 660 g/mol. The summed E-state index contributed by atoms with van der Waals surface area (Å²) in [5.41, 5.74) is 3.87. The number of nitrogens with one attached hydrogen (secondary N) is 2. The lowest BCUT2D eigenvalue weighted by atomic mass is 9.96. The molecule has 10 nitrogen and oxygen atoms in total. The van der Waals surface area contributed by atoms with Crippen LogP contribution in [-0.2, 0) is 36.8 Å². The summed E-state index contributed by atoms with van der Waals surface area (Å²) in [7, 11) is 0. The van der Waals surface area contributed by atoms with Crippen LogP contribution in [0.15, 0.2) is 42.5 Å². The van der Waals surface area contributed by atoms with Crippen LogP contribution in [0, 0.1) is 19.8 Å². The Bertz CT molecular complexity index is 1390. The Morgan fingerprint density at radius 2 is 1.89 bits per heavy atom. The Morgan fingerprint density at radius 3 is 2.62 bits per heavy atom. The maximum atomic E-state index is 14.0. The van der Waals surface area contributed by atoms with Gasteiger partial charge in [-0.15, -0.1) is 11.8 Å². The number of aliphatic hydroxyl groups excluding tert-OH is 1. The predicted octanol–water partition coefficient (Wildman–Crippen LogP) is 4.10. The number of carbonyl (C=O) groups excluding carboxylic acids is 3. The quantitative estimate of drug-likeness (QED) is 0.367. The number of aryl methyl sites for hydroxylation is 2. The van der Waals surface area contributed by atoms with Crippen molar-refractivity contribution in [1.29, 1.82) is 0 Å². The van der Waals surface area contributed by atoms with Gasteiger partial charge in [-0.2, -0.15) is 0 Å². The summed E-state index contributed by atoms with van der Waals surface area (Å²) in [4.78, 5) is 42.2. The molecule has 2 aromatic rings. The first-order valence-corrected chi connectivity index (χ1v) is 16.7. The number of nitrogens with zero attached hydrogens (tertiary/aromatic N) is 1. The molecule has 0 aromatic heterocycles. The van der Waals surface area contributed by atoms with E-state index in [9.17, 15) is 19.5 Å². The summed E-state index contributed by atoms with van der Waals surface area (Å²) < 4.78 is 16.4. The Balaban J connectivity index is 1.31. The van der Waals surface area contributed by atoms with Gasteiger partial charge in [-0.1, -0.05) is 41.9 Å². The summed E-state index contributed by atoms with van der Waals surface area (Å²) in [6, 6.07) is 11.1. The van der Waals surface area contributed by atoms with Gasteiger partial charge in [-0.05, 0) is 81.3 Å². The summed E-state index contributed by atoms with van der Waals surface area (Å²) in [5, 5.41) is 17.8. The van der Waals surface area contributed by atoms with Gasteiger partial charge in [0.1, 0.15) is 12.1 Å². The molecule has 3 aliphatic heterocycles. The number of hydrogen-bond donors (Lipinski definition) is 3. The van der Waals surface area contributed by atoms with Crippen LogP contribution in [0.2, 0.25) is 5.02 Å². The first-order chi connectivity index (χ1) is 21.4. The molecule has 3 saturated heterocycles. The minimum atomic E-state index is -1.66. The number of ether oxygens (including phenoxy) is 3. The molecule has 3 heterocycles. The van der Waals surface area contributed by atoms with Crippen molar-refractivity contribution in [2.75, 3.05) is 19.1 Å². The zero-order valence-electron chi connectivity index (χ0n) is 26.1. The summed E-state index contributed by atoms with van der Waals surface area (Å²) in [6.45, 7) is 8.94. The third kappa shape index (κ3) is 7.77. The first-order valence-electron chi connectivity index (χ1n) is 15.3. The molecule has 0 aliphatic carbocycles. The highest BCUT2D eigenvalue weighted by Gasteiger charge is 2.50. The fourth-order valence-electron chi connectivity index (χ4n) is 6.38. The summed E-state index contributed by atoms with van der Waals surface area (Å²) >= 11 is 7.67. The molecule has 12 heteroatoms. The van der Waals surface area contributed by atoms with Gasteiger partial charge >= 0.3 is 6.09 Å². The van der Waals surface area contributed by atoms with Crippen molar-refractivity contribution in [3.63, 3.8) is 0 Å². The molecular formula is C33H42ClN3O7S. The molecule has 0 bridgehead atoms. The average Bonchev–Trinajstić information content (AvgIpc) is 3.55. The van der Waals surface area contributed by atoms with E-state index in [-0.39, 0.29) is 30.7 Å². The van der Waals surface area contributed by atoms with Crippen LogP contribution < -0.4 is 10.6 Å². The van der Waals surface area contributed by atoms with Crippen molar-refractivity contribution in [2.45, 2.75) is 88.8 Å². The number of benzene rings is 2. The number of aliphatic hydroxyl groups is 1. The number of alkyl carbamates (subject to hydrolysis) is 1. The first kappa shape index (κ1) is 33.5. The van der Waals surface area contributed by atoms with E-state index in [1.807, 2.05) is 45.9 Å². The molecule has 0 unspecified atom stereocenters. The predicted molar refractivity (Wildman–Crippen MR) is 172 cm³/mol. The molecule has 3 aliphatic rings. The number of fused-ring (bicyclic) bond motifs is 1. The van der Waals surface area contributed by atoms with Gasteiger partial charge in [-0.25, -0.2) is 4.79 Å². The van der Waals surface area contributed by atoms with Gasteiger partial charge in [0.05, 0.1) is 18.5 Å². The van der Waals surface area contributed by atoms with Gasteiger partial charge in [0, 0.05) is 28.8 Å². The minimum Gasteiger partial charge on any atom is -0.443 e. The van der Waals surface area contributed by atoms with Crippen molar-refractivity contribution in [3.05, 3.63) is 69.7 Å². The molecule has 5 rings (SSSR count). The third-order valence-corrected chi connectivity index (χ3v) is 10.5. The number of halogens is 1. The van der Waals surface area contributed by atoms with Gasteiger partial charge in [0.2, 0.25) is 5.91 Å². The van der Waals surface area contributed by atoms with Crippen LogP contribution in [0.4, 0.5) is 4.79 Å². The lowest BCUT2D eigenvalue weighted by Gasteiger charge is -2.33. The fraction of sp³-hybridized carbons (Fsp3) is 0.545. The Kier molecular flexibility index (Phi) is 10.7. The lowest BCUT2D eigenvalue weighted by Crippen LogP contribution is -2.58. The van der Waals surface area contributed by atoms with E-state index in [0.29, 0.717) is 23.7 Å². The van der Waals surface area contributed by atoms with E-state index in [2.05, 4.69) is 10.6 Å². The molecule has 3 fully saturated rings. The molecule has 6 atom stereocenters. The Morgan fingerprint density at radius 1 is 1.16 bits per heavy atom. The van der Waals surface area contributed by atoms with Crippen LogP contribution in [0.5, 0.6) is 0 Å². The van der Waals surface area contributed by atoms with E-state index >= 15 is 0 Å². The summed E-state index contributed by atoms with van der Waals surface area (Å²) in [5.74, 6) is -0.828. The number of hydrogen-bond acceptors (Lipinski definition) is 8. The Hall–Kier alpha value is -2.83. The molecule has 45 heavy (non-hydrogen) atoms. The zero-order chi connectivity index (χ0) is 32.3. The smallest absolute Gasteiger partial charge is 0.407 e. The summed E-state index contributed by atoms with van der Waals surface area (Å²) in [6.07, 6.45) is -1.58. The van der Waals surface area contributed by atoms with Crippen LogP contribution >= 0.6 is 23.4 Å². The highest BCUT2D eigenvalue weighted by atomic mass is 35.5. The zero-order valence-corrected chi connectivity index (χ0v) is 27.7. The maximum absolute atomic E-state index is 14.0. The van der Waals surface area contributed by atoms with Gasteiger partial charge in [0.25, 0.3) is 5.91 Å². The van der Waals surface area contributed by atoms with E-state index in [1.165, 1.54) is 16.7 Å². The van der Waals surface area contributed by atoms with Gasteiger partial charge in [0.15, 0.2) is 12.4 Å². The van der Waals surface area contributed by atoms with Crippen LogP contribution in [0.3, 0.4) is 0 Å². The van der Waals surface area contributed by atoms with Crippen molar-refractivity contribution < 1.29 is 33.7 Å². The molecule has 0 saturated carbocycles. The molecule has 0 radical (unpaired) electrons. The van der Waals surface area contributed by atoms with E-state index < -0.39 is 47.3 Å². The Labute approximate surface area is 273 Å². The number of rotatable bonds is 9. The monoisotopic (exact) mass is 659 g/mol. The molecule has 244 valence electrons. The van der Waals surface area contributed by atoms with Crippen molar-refractivity contribution >= 4 is 41.3 Å². The third-order valence-electron chi connectivity index (χ3n) is 8.92. The van der Waals surface area contributed by atoms with E-state index in [0.717, 1.165) is 29.5 Å². The van der Waals surface area contributed by atoms with Crippen LogP contribution in [-0.4, -0.2) is 82.3 Å². The lowest BCUT2D eigenvalue weighted by molar-refractivity contribution is -0.152. The van der Waals surface area contributed by atoms with Crippen LogP contribution in [0.1, 0.15) is 48.9 Å². The molecule has 2 aromatic carbocycles. The number of thioether (sulfide) groups is 1. The van der Waals surface area contributed by atoms with Crippen molar-refractivity contribution in [3.8, 4) is 0 Å². The molecule has 0 spiro atoms. The normalized spacial score (nSPS) is 25.2. The second-order valence-corrected chi connectivity index (χ2v) is 14.6. The number of carbonyl (C=O) groups is 3. The van der Waals surface area contributed by atoms with E-state index in [1.54, 1.807) is 24.3 Å². The number of amides is 3. The largest absolute Gasteiger partial charge is 0.443 e. The SMILES string of the molecule is Cc1cccc(C)c1CNC(=O)[C@H]1N(C(=O)[C@@H](O)[C@H](Cc2cccc(Cl)c2)NC(=O)O[C@@H]2CO[C@@H]3OCCC[C@@H]32)CSC1(C)C. The molecule has 3 N–H and O–H groups in total. The standard InChI is InChI=1S/C33H42ClN3O7S/c1-19-8-5-9-20(2)24(19)16-35-29(39)28-33(3,4)45-18-37(28)30(40)27(38)25(15-21-10-6-11-22(34)14-21)36-32(41)44-26-17-43-31-23(26)12-7-13-42-31/h5-6,8-11,14,23,25-28,31,38H,7,12-13,15-18H2,1-4H3,(H,35,39)(H,36,41)/t23-,25+,26-,27+,28-,31+/m1/s1. The second kappa shape index (κ2) is 14.3. The maximum Gasteiger partial charge on any atom is 0.407 e. The highest BCUT2D eigenvalue weighted by molar-refractivity contribution is 8.00. The van der Waals surface area contributed by atoms with Crippen LogP contribution in [0.25, 0.3) is 0 Å². The van der Waals surface area contributed by atoms with Gasteiger partial charge < -0.3 is 34.9 Å². The fourth-order valence-corrected chi connectivity index (χ4v) is 7.74. The second-order valence-electron chi connectivity index (χ2n) is 12.5. The highest BCUT2D eigenvalue weighted by Crippen LogP contribution is 2.40. The minimum absolute atomic E-state index is 0.0750. The van der Waals surface area contributed by atoms with Crippen molar-refractivity contribution in [2.24, 2.45) is 5.92 Å². The van der Waals surface area contributed by atoms with Gasteiger partial charge in [-0.3, -0.25) is 9.59 Å². The molecule has 3 amide bonds. The molecular weight excluding hydrogens is 618 g/mol.